The minimum absolute atomic E-state index is 0.0226. The molecule has 0 aliphatic carbocycles. The predicted molar refractivity (Wildman–Crippen MR) is 98.0 cm³/mol. The minimum Gasteiger partial charge on any atom is -0.493 e. The summed E-state index contributed by atoms with van der Waals surface area (Å²) in [6.45, 7) is 3.84. The Labute approximate surface area is 154 Å². The molecule has 1 saturated heterocycles. The molecule has 2 amide bonds. The van der Waals surface area contributed by atoms with Crippen molar-refractivity contribution in [1.82, 2.24) is 10.2 Å². The second-order valence-corrected chi connectivity index (χ2v) is 6.27. The number of carbonyl (C=O) groups excluding carboxylic acids is 2. The van der Waals surface area contributed by atoms with Crippen LogP contribution in [0.25, 0.3) is 0 Å². The van der Waals surface area contributed by atoms with Crippen molar-refractivity contribution in [3.63, 3.8) is 0 Å². The van der Waals surface area contributed by atoms with Crippen LogP contribution in [0.3, 0.4) is 0 Å². The Balaban J connectivity index is 2.07. The van der Waals surface area contributed by atoms with E-state index in [1.165, 1.54) is 21.3 Å². The maximum atomic E-state index is 12.9. The van der Waals surface area contributed by atoms with Crippen LogP contribution in [0.2, 0.25) is 0 Å². The van der Waals surface area contributed by atoms with Gasteiger partial charge in [-0.1, -0.05) is 6.92 Å². The molecule has 0 aromatic heterocycles. The maximum Gasteiger partial charge on any atom is 0.254 e. The van der Waals surface area contributed by atoms with Crippen LogP contribution in [-0.4, -0.2) is 57.7 Å². The van der Waals surface area contributed by atoms with Gasteiger partial charge in [0.15, 0.2) is 11.5 Å². The van der Waals surface area contributed by atoms with Gasteiger partial charge in [0.25, 0.3) is 5.91 Å². The number of hydrogen-bond donors (Lipinski definition) is 1. The van der Waals surface area contributed by atoms with E-state index in [1.807, 2.05) is 6.92 Å². The summed E-state index contributed by atoms with van der Waals surface area (Å²) in [4.78, 5) is 26.7. The number of methoxy groups -OCH3 is 3. The summed E-state index contributed by atoms with van der Waals surface area (Å²) in [5, 5.41) is 2.93. The van der Waals surface area contributed by atoms with Crippen LogP contribution >= 0.6 is 0 Å². The fourth-order valence-corrected chi connectivity index (χ4v) is 3.12. The first kappa shape index (κ1) is 19.9. The van der Waals surface area contributed by atoms with E-state index in [-0.39, 0.29) is 17.7 Å². The van der Waals surface area contributed by atoms with Crippen LogP contribution in [0, 0.1) is 5.92 Å². The molecular weight excluding hydrogens is 336 g/mol. The molecule has 1 fully saturated rings. The van der Waals surface area contributed by atoms with E-state index in [2.05, 4.69) is 5.32 Å². The summed E-state index contributed by atoms with van der Waals surface area (Å²) >= 11 is 0. The third-order valence-electron chi connectivity index (χ3n) is 4.61. The van der Waals surface area contributed by atoms with E-state index in [4.69, 9.17) is 14.2 Å². The molecule has 1 aromatic rings. The standard InChI is InChI=1S/C19H28N2O5/c1-5-8-20-18(22)13-6-9-21(10-7-13)19(23)14-11-15(24-2)17(26-4)16(12-14)25-3/h11-13H,5-10H2,1-4H3,(H,20,22). The Morgan fingerprint density at radius 2 is 1.65 bits per heavy atom. The SMILES string of the molecule is CCCNC(=O)C1CCN(C(=O)c2cc(OC)c(OC)c(OC)c2)CC1. The van der Waals surface area contributed by atoms with Crippen molar-refractivity contribution in [2.75, 3.05) is 41.0 Å². The highest BCUT2D eigenvalue weighted by Gasteiger charge is 2.28. The first-order chi connectivity index (χ1) is 12.5. The summed E-state index contributed by atoms with van der Waals surface area (Å²) in [5.74, 6) is 1.32. The fourth-order valence-electron chi connectivity index (χ4n) is 3.12. The predicted octanol–water partition coefficient (Wildman–Crippen LogP) is 2.09. The molecule has 26 heavy (non-hydrogen) atoms. The molecule has 0 unspecified atom stereocenters. The van der Waals surface area contributed by atoms with E-state index in [0.717, 1.165) is 6.42 Å². The van der Waals surface area contributed by atoms with Gasteiger partial charge in [-0.25, -0.2) is 0 Å². The molecule has 2 rings (SSSR count). The average Bonchev–Trinajstić information content (AvgIpc) is 2.70. The number of nitrogens with zero attached hydrogens (tertiary/aromatic N) is 1. The zero-order valence-corrected chi connectivity index (χ0v) is 16.0. The molecule has 144 valence electrons. The Morgan fingerprint density at radius 3 is 2.12 bits per heavy atom. The fraction of sp³-hybridized carbons (Fsp3) is 0.579. The zero-order chi connectivity index (χ0) is 19.1. The molecule has 0 bridgehead atoms. The van der Waals surface area contributed by atoms with Gasteiger partial charge in [0.2, 0.25) is 11.7 Å². The molecule has 1 N–H and O–H groups in total. The first-order valence-electron chi connectivity index (χ1n) is 8.92. The number of ether oxygens (including phenoxy) is 3. The van der Waals surface area contributed by atoms with Crippen molar-refractivity contribution < 1.29 is 23.8 Å². The molecular formula is C19H28N2O5. The summed E-state index contributed by atoms with van der Waals surface area (Å²) in [7, 11) is 4.56. The van der Waals surface area contributed by atoms with Crippen molar-refractivity contribution in [2.45, 2.75) is 26.2 Å². The minimum atomic E-state index is -0.100. The van der Waals surface area contributed by atoms with Gasteiger partial charge >= 0.3 is 0 Å². The van der Waals surface area contributed by atoms with Crippen molar-refractivity contribution in [3.8, 4) is 17.2 Å². The summed E-state index contributed by atoms with van der Waals surface area (Å²) in [6, 6.07) is 3.31. The number of piperidine rings is 1. The largest absolute Gasteiger partial charge is 0.493 e. The normalized spacial score (nSPS) is 14.7. The second kappa shape index (κ2) is 9.31. The number of amides is 2. The molecule has 1 aliphatic heterocycles. The van der Waals surface area contributed by atoms with Crippen molar-refractivity contribution in [3.05, 3.63) is 17.7 Å². The number of hydrogen-bond acceptors (Lipinski definition) is 5. The molecule has 0 radical (unpaired) electrons. The van der Waals surface area contributed by atoms with Crippen LogP contribution in [0.1, 0.15) is 36.5 Å². The van der Waals surface area contributed by atoms with E-state index in [9.17, 15) is 9.59 Å². The van der Waals surface area contributed by atoms with Crippen LogP contribution in [0.4, 0.5) is 0 Å². The van der Waals surface area contributed by atoms with Crippen molar-refractivity contribution >= 4 is 11.8 Å². The monoisotopic (exact) mass is 364 g/mol. The first-order valence-corrected chi connectivity index (χ1v) is 8.92. The third kappa shape index (κ3) is 4.39. The van der Waals surface area contributed by atoms with E-state index < -0.39 is 0 Å². The molecule has 1 aromatic carbocycles. The van der Waals surface area contributed by atoms with Crippen LogP contribution in [0.15, 0.2) is 12.1 Å². The smallest absolute Gasteiger partial charge is 0.254 e. The quantitative estimate of drug-likeness (QED) is 0.802. The van der Waals surface area contributed by atoms with Gasteiger partial charge in [-0.05, 0) is 31.4 Å². The van der Waals surface area contributed by atoms with Gasteiger partial charge in [-0.3, -0.25) is 9.59 Å². The van der Waals surface area contributed by atoms with Gasteiger partial charge in [0, 0.05) is 31.1 Å². The summed E-state index contributed by atoms with van der Waals surface area (Å²) < 4.78 is 15.9. The molecule has 7 heteroatoms. The second-order valence-electron chi connectivity index (χ2n) is 6.27. The molecule has 1 heterocycles. The lowest BCUT2D eigenvalue weighted by Gasteiger charge is -2.31. The summed E-state index contributed by atoms with van der Waals surface area (Å²) in [6.07, 6.45) is 2.27. The van der Waals surface area contributed by atoms with Gasteiger partial charge in [-0.15, -0.1) is 0 Å². The van der Waals surface area contributed by atoms with Crippen LogP contribution < -0.4 is 19.5 Å². The molecule has 1 aliphatic rings. The third-order valence-corrected chi connectivity index (χ3v) is 4.61. The maximum absolute atomic E-state index is 12.9. The number of rotatable bonds is 7. The molecule has 0 saturated carbocycles. The highest BCUT2D eigenvalue weighted by Crippen LogP contribution is 2.38. The average molecular weight is 364 g/mol. The van der Waals surface area contributed by atoms with E-state index in [1.54, 1.807) is 17.0 Å². The van der Waals surface area contributed by atoms with E-state index >= 15 is 0 Å². The molecule has 0 atom stereocenters. The number of benzene rings is 1. The Bertz CT molecular complexity index is 614. The Morgan fingerprint density at radius 1 is 1.08 bits per heavy atom. The van der Waals surface area contributed by atoms with Crippen LogP contribution in [0.5, 0.6) is 17.2 Å². The molecule has 7 nitrogen and oxygen atoms in total. The van der Waals surface area contributed by atoms with Gasteiger partial charge in [0.1, 0.15) is 0 Å². The Kier molecular flexibility index (Phi) is 7.12. The number of nitrogens with one attached hydrogen (secondary N) is 1. The lowest BCUT2D eigenvalue weighted by Crippen LogP contribution is -2.43. The highest BCUT2D eigenvalue weighted by atomic mass is 16.5. The van der Waals surface area contributed by atoms with Crippen LogP contribution in [-0.2, 0) is 4.79 Å². The highest BCUT2D eigenvalue weighted by molar-refractivity contribution is 5.96. The van der Waals surface area contributed by atoms with Gasteiger partial charge in [0.05, 0.1) is 21.3 Å². The lowest BCUT2D eigenvalue weighted by atomic mass is 9.95. The number of carbonyl (C=O) groups is 2. The van der Waals surface area contributed by atoms with Gasteiger partial charge < -0.3 is 24.4 Å². The summed E-state index contributed by atoms with van der Waals surface area (Å²) in [5.41, 5.74) is 0.480. The molecule has 0 spiro atoms. The van der Waals surface area contributed by atoms with Crippen molar-refractivity contribution in [1.29, 1.82) is 0 Å². The van der Waals surface area contributed by atoms with E-state index in [0.29, 0.717) is 55.3 Å². The Hall–Kier alpha value is -2.44. The number of likely N-dealkylation sites (tertiary alicyclic amines) is 1. The van der Waals surface area contributed by atoms with Gasteiger partial charge in [-0.2, -0.15) is 0 Å². The topological polar surface area (TPSA) is 77.1 Å². The van der Waals surface area contributed by atoms with Crippen molar-refractivity contribution in [2.24, 2.45) is 5.92 Å². The lowest BCUT2D eigenvalue weighted by molar-refractivity contribution is -0.126. The zero-order valence-electron chi connectivity index (χ0n) is 16.0.